The standard InChI is InChI=1S/C14H18FN3O/c1-14(2)11(7-12(14)19-3)18-13-16-9-5-4-8(15)6-10(9)17-13/h4-6,11-12H,7H2,1-3H3,(H2,16,17,18). The molecule has 1 fully saturated rings. The summed E-state index contributed by atoms with van der Waals surface area (Å²) in [5.74, 6) is 0.430. The summed E-state index contributed by atoms with van der Waals surface area (Å²) in [6.45, 7) is 4.34. The smallest absolute Gasteiger partial charge is 0.201 e. The van der Waals surface area contributed by atoms with E-state index in [-0.39, 0.29) is 17.3 Å². The molecule has 1 heterocycles. The van der Waals surface area contributed by atoms with Gasteiger partial charge in [0.1, 0.15) is 5.82 Å². The second-order valence-corrected chi connectivity index (χ2v) is 5.73. The Bertz CT molecular complexity index is 608. The van der Waals surface area contributed by atoms with Crippen LogP contribution in [0.2, 0.25) is 0 Å². The summed E-state index contributed by atoms with van der Waals surface area (Å²) < 4.78 is 18.5. The van der Waals surface area contributed by atoms with Crippen LogP contribution in [0, 0.1) is 11.2 Å². The second kappa shape index (κ2) is 4.20. The van der Waals surface area contributed by atoms with Gasteiger partial charge in [-0.15, -0.1) is 0 Å². The molecule has 5 heteroatoms. The van der Waals surface area contributed by atoms with Crippen molar-refractivity contribution in [3.63, 3.8) is 0 Å². The minimum absolute atomic E-state index is 0.0684. The van der Waals surface area contributed by atoms with E-state index in [1.807, 2.05) is 0 Å². The van der Waals surface area contributed by atoms with Gasteiger partial charge in [-0.25, -0.2) is 9.37 Å². The highest BCUT2D eigenvalue weighted by Crippen LogP contribution is 2.43. The summed E-state index contributed by atoms with van der Waals surface area (Å²) in [6.07, 6.45) is 1.22. The zero-order valence-electron chi connectivity index (χ0n) is 11.3. The number of ether oxygens (including phenoxy) is 1. The molecular formula is C14H18FN3O. The van der Waals surface area contributed by atoms with Crippen LogP contribution in [0.4, 0.5) is 10.3 Å². The molecule has 1 aliphatic carbocycles. The highest BCUT2D eigenvalue weighted by atomic mass is 19.1. The number of aromatic amines is 1. The Morgan fingerprint density at radius 2 is 2.26 bits per heavy atom. The molecule has 102 valence electrons. The van der Waals surface area contributed by atoms with Gasteiger partial charge in [-0.2, -0.15) is 0 Å². The molecule has 2 aromatic rings. The van der Waals surface area contributed by atoms with Crippen LogP contribution in [-0.4, -0.2) is 29.2 Å². The van der Waals surface area contributed by atoms with Crippen molar-refractivity contribution in [1.29, 1.82) is 0 Å². The second-order valence-electron chi connectivity index (χ2n) is 5.73. The normalized spacial score (nSPS) is 25.3. The van der Waals surface area contributed by atoms with Crippen LogP contribution in [-0.2, 0) is 4.74 Å². The van der Waals surface area contributed by atoms with Crippen molar-refractivity contribution in [1.82, 2.24) is 9.97 Å². The average molecular weight is 263 g/mol. The minimum Gasteiger partial charge on any atom is -0.381 e. The molecule has 1 aromatic heterocycles. The van der Waals surface area contributed by atoms with Gasteiger partial charge >= 0.3 is 0 Å². The summed E-state index contributed by atoms with van der Waals surface area (Å²) in [4.78, 5) is 7.52. The summed E-state index contributed by atoms with van der Waals surface area (Å²) in [5, 5.41) is 3.37. The van der Waals surface area contributed by atoms with Gasteiger partial charge in [0.25, 0.3) is 0 Å². The fraction of sp³-hybridized carbons (Fsp3) is 0.500. The average Bonchev–Trinajstić information content (AvgIpc) is 2.75. The molecule has 0 saturated heterocycles. The molecule has 1 saturated carbocycles. The molecule has 19 heavy (non-hydrogen) atoms. The van der Waals surface area contributed by atoms with Crippen LogP contribution in [0.5, 0.6) is 0 Å². The molecule has 4 nitrogen and oxygen atoms in total. The van der Waals surface area contributed by atoms with Gasteiger partial charge < -0.3 is 15.0 Å². The zero-order valence-corrected chi connectivity index (χ0v) is 11.3. The number of nitrogens with one attached hydrogen (secondary N) is 2. The van der Waals surface area contributed by atoms with Gasteiger partial charge in [-0.1, -0.05) is 13.8 Å². The minimum atomic E-state index is -0.258. The molecule has 3 rings (SSSR count). The predicted molar refractivity (Wildman–Crippen MR) is 72.7 cm³/mol. The molecule has 1 aromatic carbocycles. The van der Waals surface area contributed by atoms with E-state index in [9.17, 15) is 4.39 Å². The first kappa shape index (κ1) is 12.4. The first-order valence-electron chi connectivity index (χ1n) is 6.45. The number of methoxy groups -OCH3 is 1. The molecule has 0 radical (unpaired) electrons. The Labute approximate surface area is 111 Å². The quantitative estimate of drug-likeness (QED) is 0.895. The van der Waals surface area contributed by atoms with Gasteiger partial charge in [-0.3, -0.25) is 0 Å². The number of halogens is 1. The molecule has 0 aliphatic heterocycles. The summed E-state index contributed by atoms with van der Waals surface area (Å²) in [6, 6.07) is 4.86. The van der Waals surface area contributed by atoms with Crippen molar-refractivity contribution >= 4 is 17.0 Å². The van der Waals surface area contributed by atoms with E-state index < -0.39 is 0 Å². The zero-order chi connectivity index (χ0) is 13.6. The fourth-order valence-corrected chi connectivity index (χ4v) is 2.75. The van der Waals surface area contributed by atoms with Gasteiger partial charge in [0, 0.05) is 18.6 Å². The molecule has 0 amide bonds. The van der Waals surface area contributed by atoms with Gasteiger partial charge in [-0.05, 0) is 24.6 Å². The molecular weight excluding hydrogens is 245 g/mol. The van der Waals surface area contributed by atoms with Crippen molar-refractivity contribution < 1.29 is 9.13 Å². The summed E-state index contributed by atoms with van der Waals surface area (Å²) in [5.41, 5.74) is 1.55. The molecule has 2 N–H and O–H groups in total. The lowest BCUT2D eigenvalue weighted by atomic mass is 9.64. The predicted octanol–water partition coefficient (Wildman–Crippen LogP) is 2.93. The molecule has 2 atom stereocenters. The lowest BCUT2D eigenvalue weighted by Gasteiger charge is -2.51. The molecule has 1 aliphatic rings. The van der Waals surface area contributed by atoms with Crippen LogP contribution in [0.25, 0.3) is 11.0 Å². The van der Waals surface area contributed by atoms with Gasteiger partial charge in [0.2, 0.25) is 5.95 Å². The van der Waals surface area contributed by atoms with Crippen molar-refractivity contribution in [2.75, 3.05) is 12.4 Å². The SMILES string of the molecule is COC1CC(Nc2nc3ccc(F)cc3[nH]2)C1(C)C. The Hall–Kier alpha value is -1.62. The largest absolute Gasteiger partial charge is 0.381 e. The van der Waals surface area contributed by atoms with Crippen LogP contribution in [0.15, 0.2) is 18.2 Å². The van der Waals surface area contributed by atoms with Crippen LogP contribution in [0.3, 0.4) is 0 Å². The number of anilines is 1. The summed E-state index contributed by atoms with van der Waals surface area (Å²) in [7, 11) is 1.74. The number of rotatable bonds is 3. The van der Waals surface area contributed by atoms with Crippen molar-refractivity contribution in [2.45, 2.75) is 32.4 Å². The highest BCUT2D eigenvalue weighted by molar-refractivity contribution is 5.77. The number of benzene rings is 1. The molecule has 0 bridgehead atoms. The van der Waals surface area contributed by atoms with E-state index >= 15 is 0 Å². The van der Waals surface area contributed by atoms with E-state index in [4.69, 9.17) is 4.74 Å². The fourth-order valence-electron chi connectivity index (χ4n) is 2.75. The van der Waals surface area contributed by atoms with E-state index in [0.717, 1.165) is 11.9 Å². The Kier molecular flexibility index (Phi) is 2.74. The number of nitrogens with zero attached hydrogens (tertiary/aromatic N) is 1. The molecule has 0 spiro atoms. The Balaban J connectivity index is 1.79. The maximum atomic E-state index is 13.1. The highest BCUT2D eigenvalue weighted by Gasteiger charge is 2.48. The Morgan fingerprint density at radius 1 is 1.47 bits per heavy atom. The van der Waals surface area contributed by atoms with Crippen molar-refractivity contribution in [3.05, 3.63) is 24.0 Å². The lowest BCUT2D eigenvalue weighted by molar-refractivity contribution is -0.0796. The van der Waals surface area contributed by atoms with Crippen molar-refractivity contribution in [3.8, 4) is 0 Å². The van der Waals surface area contributed by atoms with Crippen LogP contribution < -0.4 is 5.32 Å². The van der Waals surface area contributed by atoms with E-state index in [1.54, 1.807) is 13.2 Å². The monoisotopic (exact) mass is 263 g/mol. The number of H-pyrrole nitrogens is 1. The lowest BCUT2D eigenvalue weighted by Crippen LogP contribution is -2.57. The number of aromatic nitrogens is 2. The van der Waals surface area contributed by atoms with Gasteiger partial charge in [0.15, 0.2) is 0 Å². The third-order valence-corrected chi connectivity index (χ3v) is 4.22. The number of hydrogen-bond donors (Lipinski definition) is 2. The maximum absolute atomic E-state index is 13.1. The summed E-state index contributed by atoms with van der Waals surface area (Å²) >= 11 is 0. The third kappa shape index (κ3) is 1.98. The van der Waals surface area contributed by atoms with E-state index in [2.05, 4.69) is 29.1 Å². The third-order valence-electron chi connectivity index (χ3n) is 4.22. The first-order valence-corrected chi connectivity index (χ1v) is 6.45. The Morgan fingerprint density at radius 3 is 2.95 bits per heavy atom. The first-order chi connectivity index (χ1) is 9.00. The van der Waals surface area contributed by atoms with Crippen molar-refractivity contribution in [2.24, 2.45) is 5.41 Å². The maximum Gasteiger partial charge on any atom is 0.201 e. The van der Waals surface area contributed by atoms with E-state index in [1.165, 1.54) is 12.1 Å². The van der Waals surface area contributed by atoms with Crippen LogP contribution in [0.1, 0.15) is 20.3 Å². The topological polar surface area (TPSA) is 49.9 Å². The van der Waals surface area contributed by atoms with Crippen LogP contribution >= 0.6 is 0 Å². The van der Waals surface area contributed by atoms with E-state index in [0.29, 0.717) is 17.5 Å². The number of imidazole rings is 1. The molecule has 2 unspecified atom stereocenters. The van der Waals surface area contributed by atoms with Gasteiger partial charge in [0.05, 0.1) is 17.1 Å². The number of hydrogen-bond acceptors (Lipinski definition) is 3. The number of fused-ring (bicyclic) bond motifs is 1.